The lowest BCUT2D eigenvalue weighted by molar-refractivity contribution is -0.149. The Balaban J connectivity index is 3.04. The third-order valence-corrected chi connectivity index (χ3v) is 6.46. The van der Waals surface area contributed by atoms with Gasteiger partial charge in [-0.1, -0.05) is 13.8 Å². The number of hydrogen-bond donors (Lipinski definition) is 8. The predicted molar refractivity (Wildman–Crippen MR) is 139 cm³/mol. The summed E-state index contributed by atoms with van der Waals surface area (Å²) in [6, 6.07) is -5.35. The molecular formula is C23H42N6O7S. The van der Waals surface area contributed by atoms with Crippen molar-refractivity contribution in [2.45, 2.75) is 82.6 Å². The zero-order chi connectivity index (χ0) is 28.1. The molecule has 14 heteroatoms. The number of nitrogens with one attached hydrogen (secondary N) is 3. The number of likely N-dealkylation sites (tertiary alicyclic amines) is 1. The topological polar surface area (TPSA) is 217 Å². The third-order valence-electron chi connectivity index (χ3n) is 6.07. The molecule has 0 unspecified atom stereocenters. The first-order valence-electron chi connectivity index (χ1n) is 12.6. The van der Waals surface area contributed by atoms with Gasteiger partial charge in [0.25, 0.3) is 0 Å². The highest BCUT2D eigenvalue weighted by Crippen LogP contribution is 2.20. The van der Waals surface area contributed by atoms with Crippen LogP contribution < -0.4 is 27.4 Å². The Morgan fingerprint density at radius 1 is 1.00 bits per heavy atom. The summed E-state index contributed by atoms with van der Waals surface area (Å²) in [4.78, 5) is 64.2. The molecule has 4 amide bonds. The van der Waals surface area contributed by atoms with Gasteiger partial charge >= 0.3 is 5.97 Å². The van der Waals surface area contributed by atoms with Crippen LogP contribution in [0.4, 0.5) is 0 Å². The SMILES string of the molecule is CC(C)C[C@H](NC(=O)[C@H](CCCCN)NC(=O)[C@H](CO)NC(=O)[C@@H](N)CS)C(=O)N1CCC[C@H]1C(=O)O. The monoisotopic (exact) mass is 546 g/mol. The molecule has 0 saturated carbocycles. The Bertz CT molecular complexity index is 800. The number of amides is 4. The van der Waals surface area contributed by atoms with Gasteiger partial charge in [-0.15, -0.1) is 0 Å². The summed E-state index contributed by atoms with van der Waals surface area (Å²) in [5, 5.41) is 26.6. The van der Waals surface area contributed by atoms with Crippen molar-refractivity contribution in [3.63, 3.8) is 0 Å². The van der Waals surface area contributed by atoms with Gasteiger partial charge in [-0.25, -0.2) is 4.79 Å². The lowest BCUT2D eigenvalue weighted by Gasteiger charge is -2.30. The minimum atomic E-state index is -1.35. The summed E-state index contributed by atoms with van der Waals surface area (Å²) >= 11 is 3.93. The van der Waals surface area contributed by atoms with E-state index in [9.17, 15) is 34.2 Å². The zero-order valence-corrected chi connectivity index (χ0v) is 22.4. The molecule has 1 rings (SSSR count). The summed E-state index contributed by atoms with van der Waals surface area (Å²) < 4.78 is 0. The summed E-state index contributed by atoms with van der Waals surface area (Å²) in [5.41, 5.74) is 11.2. The van der Waals surface area contributed by atoms with Crippen molar-refractivity contribution in [3.8, 4) is 0 Å². The fourth-order valence-electron chi connectivity index (χ4n) is 4.04. The van der Waals surface area contributed by atoms with Crippen molar-refractivity contribution in [3.05, 3.63) is 0 Å². The standard InChI is InChI=1S/C23H42N6O7S/c1-13(2)10-16(22(34)29-9-5-7-18(29)23(35)36)27-20(32)15(6-3-4-8-24)26-21(33)17(11-30)28-19(31)14(25)12-37/h13-18,30,37H,3-12,24-25H2,1-2H3,(H,26,33)(H,27,32)(H,28,31)(H,35,36)/t14-,15-,16-,17-,18-/m0/s1. The molecule has 5 atom stereocenters. The van der Waals surface area contributed by atoms with Gasteiger partial charge in [0.05, 0.1) is 12.6 Å². The molecule has 37 heavy (non-hydrogen) atoms. The van der Waals surface area contributed by atoms with E-state index in [-0.39, 0.29) is 31.1 Å². The highest BCUT2D eigenvalue weighted by Gasteiger charge is 2.38. The number of carbonyl (C=O) groups excluding carboxylic acids is 4. The number of nitrogens with zero attached hydrogens (tertiary/aromatic N) is 1. The smallest absolute Gasteiger partial charge is 0.326 e. The molecule has 0 aromatic heterocycles. The maximum Gasteiger partial charge on any atom is 0.326 e. The van der Waals surface area contributed by atoms with Gasteiger partial charge in [0.1, 0.15) is 24.2 Å². The average molecular weight is 547 g/mol. The molecule has 1 aliphatic rings. The van der Waals surface area contributed by atoms with Gasteiger partial charge in [-0.2, -0.15) is 12.6 Å². The number of aliphatic carboxylic acids is 1. The van der Waals surface area contributed by atoms with Crippen molar-refractivity contribution in [2.24, 2.45) is 17.4 Å². The average Bonchev–Trinajstić information content (AvgIpc) is 3.35. The Morgan fingerprint density at radius 2 is 1.59 bits per heavy atom. The fraction of sp³-hybridized carbons (Fsp3) is 0.783. The molecule has 1 saturated heterocycles. The van der Waals surface area contributed by atoms with E-state index in [0.29, 0.717) is 32.2 Å². The minimum Gasteiger partial charge on any atom is -0.480 e. The van der Waals surface area contributed by atoms with E-state index in [1.807, 2.05) is 13.8 Å². The zero-order valence-electron chi connectivity index (χ0n) is 21.5. The number of aliphatic hydroxyl groups is 1. The van der Waals surface area contributed by atoms with Crippen molar-refractivity contribution >= 4 is 42.2 Å². The maximum absolute atomic E-state index is 13.3. The summed E-state index contributed by atoms with van der Waals surface area (Å²) in [6.45, 7) is 3.67. The number of carboxylic acid groups (broad SMARTS) is 1. The number of nitrogens with two attached hydrogens (primary N) is 2. The molecule has 0 aromatic carbocycles. The third kappa shape index (κ3) is 10.5. The Kier molecular flexibility index (Phi) is 14.5. The van der Waals surface area contributed by atoms with E-state index in [0.717, 1.165) is 0 Å². The number of thiol groups is 1. The van der Waals surface area contributed by atoms with Crippen molar-refractivity contribution in [2.75, 3.05) is 25.4 Å². The fourth-order valence-corrected chi connectivity index (χ4v) is 4.21. The van der Waals surface area contributed by atoms with Gasteiger partial charge in [0, 0.05) is 12.3 Å². The van der Waals surface area contributed by atoms with Crippen LogP contribution in [0.1, 0.15) is 52.4 Å². The predicted octanol–water partition coefficient (Wildman–Crippen LogP) is -2.06. The van der Waals surface area contributed by atoms with Crippen molar-refractivity contribution < 1.29 is 34.2 Å². The molecule has 212 valence electrons. The first-order chi connectivity index (χ1) is 17.5. The molecule has 0 aliphatic carbocycles. The lowest BCUT2D eigenvalue weighted by Crippen LogP contribution is -2.59. The van der Waals surface area contributed by atoms with E-state index in [1.54, 1.807) is 0 Å². The molecule has 1 aliphatic heterocycles. The summed E-state index contributed by atoms with van der Waals surface area (Å²) in [6.07, 6.45) is 2.43. The van der Waals surface area contributed by atoms with Crippen molar-refractivity contribution in [1.82, 2.24) is 20.9 Å². The number of carboxylic acids is 1. The lowest BCUT2D eigenvalue weighted by atomic mass is 10.0. The maximum atomic E-state index is 13.3. The van der Waals surface area contributed by atoms with Crippen molar-refractivity contribution in [1.29, 1.82) is 0 Å². The second kappa shape index (κ2) is 16.4. The molecule has 0 spiro atoms. The van der Waals surface area contributed by atoms with Crippen LogP contribution in [0.25, 0.3) is 0 Å². The number of aliphatic hydroxyl groups excluding tert-OH is 1. The van der Waals surface area contributed by atoms with E-state index >= 15 is 0 Å². The first kappa shape index (κ1) is 32.6. The largest absolute Gasteiger partial charge is 0.480 e. The minimum absolute atomic E-state index is 0.00966. The number of unbranched alkanes of at least 4 members (excludes halogenated alkanes) is 1. The Hall–Kier alpha value is -2.42. The highest BCUT2D eigenvalue weighted by atomic mass is 32.1. The Morgan fingerprint density at radius 3 is 2.14 bits per heavy atom. The van der Waals surface area contributed by atoms with Crippen LogP contribution in [0.2, 0.25) is 0 Å². The molecule has 1 heterocycles. The van der Waals surface area contributed by atoms with Gasteiger partial charge in [-0.05, 0) is 51.0 Å². The van der Waals surface area contributed by atoms with Gasteiger partial charge in [0.2, 0.25) is 23.6 Å². The van der Waals surface area contributed by atoms with Gasteiger partial charge in [-0.3, -0.25) is 19.2 Å². The number of hydrogen-bond acceptors (Lipinski definition) is 9. The van der Waals surface area contributed by atoms with E-state index < -0.39 is 66.4 Å². The second-order valence-corrected chi connectivity index (χ2v) is 9.96. The molecule has 0 radical (unpaired) electrons. The molecule has 0 bridgehead atoms. The van der Waals surface area contributed by atoms with Crippen LogP contribution in [-0.2, 0) is 24.0 Å². The summed E-state index contributed by atoms with van der Waals surface area (Å²) in [7, 11) is 0. The van der Waals surface area contributed by atoms with Crippen LogP contribution >= 0.6 is 12.6 Å². The summed E-state index contributed by atoms with van der Waals surface area (Å²) in [5.74, 6) is -3.66. The van der Waals surface area contributed by atoms with Crippen LogP contribution in [0.5, 0.6) is 0 Å². The first-order valence-corrected chi connectivity index (χ1v) is 13.2. The van der Waals surface area contributed by atoms with Crippen LogP contribution in [0.15, 0.2) is 0 Å². The van der Waals surface area contributed by atoms with E-state index in [1.165, 1.54) is 4.90 Å². The molecular weight excluding hydrogens is 504 g/mol. The van der Waals surface area contributed by atoms with E-state index in [2.05, 4.69) is 28.6 Å². The molecule has 13 nitrogen and oxygen atoms in total. The molecule has 9 N–H and O–H groups in total. The quantitative estimate of drug-likeness (QED) is 0.0787. The van der Waals surface area contributed by atoms with Crippen LogP contribution in [-0.4, -0.2) is 100 Å². The van der Waals surface area contributed by atoms with Crippen LogP contribution in [0, 0.1) is 5.92 Å². The normalized spacial score (nSPS) is 18.6. The number of rotatable bonds is 16. The second-order valence-electron chi connectivity index (χ2n) is 9.60. The Labute approximate surface area is 222 Å². The van der Waals surface area contributed by atoms with Gasteiger partial charge in [0.15, 0.2) is 0 Å². The van der Waals surface area contributed by atoms with Gasteiger partial charge < -0.3 is 42.5 Å². The highest BCUT2D eigenvalue weighted by molar-refractivity contribution is 7.80. The van der Waals surface area contributed by atoms with Crippen LogP contribution in [0.3, 0.4) is 0 Å². The molecule has 1 fully saturated rings. The van der Waals surface area contributed by atoms with E-state index in [4.69, 9.17) is 11.5 Å². The molecule has 0 aromatic rings. The number of carbonyl (C=O) groups is 5.